The van der Waals surface area contributed by atoms with Crippen LogP contribution in [0.4, 0.5) is 0 Å². The predicted molar refractivity (Wildman–Crippen MR) is 101 cm³/mol. The van der Waals surface area contributed by atoms with Crippen LogP contribution >= 0.6 is 11.8 Å². The highest BCUT2D eigenvalue weighted by Gasteiger charge is 2.60. The summed E-state index contributed by atoms with van der Waals surface area (Å²) in [5.74, 6) is -1.86. The molecule has 3 N–H and O–H groups in total. The number of β-lactam (4-membered cyclic amide) rings is 1. The topological polar surface area (TPSA) is 93.1 Å². The first-order valence-electron chi connectivity index (χ1n) is 9.25. The van der Waals surface area contributed by atoms with Crippen molar-refractivity contribution in [1.82, 2.24) is 15.1 Å². The van der Waals surface area contributed by atoms with E-state index in [1.165, 1.54) is 4.90 Å². The lowest BCUT2D eigenvalue weighted by Gasteiger charge is -2.46. The van der Waals surface area contributed by atoms with Gasteiger partial charge in [0.25, 0.3) is 0 Å². The minimum absolute atomic E-state index is 0.0516. The maximum atomic E-state index is 12.4. The molecule has 0 spiro atoms. The first-order chi connectivity index (χ1) is 12.2. The summed E-state index contributed by atoms with van der Waals surface area (Å²) in [5, 5.41) is 23.4. The number of amides is 1. The summed E-state index contributed by atoms with van der Waals surface area (Å²) in [4.78, 5) is 28.6. The smallest absolute Gasteiger partial charge is 0.353 e. The number of carbonyl (C=O) groups is 2. The summed E-state index contributed by atoms with van der Waals surface area (Å²) < 4.78 is 0. The molecule has 0 saturated carbocycles. The molecule has 8 heteroatoms. The molecule has 0 unspecified atom stereocenters. The molecule has 0 radical (unpaired) electrons. The zero-order valence-electron chi connectivity index (χ0n) is 15.8. The summed E-state index contributed by atoms with van der Waals surface area (Å²) in [7, 11) is 4.12. The van der Waals surface area contributed by atoms with Gasteiger partial charge in [-0.2, -0.15) is 0 Å². The first kappa shape index (κ1) is 19.7. The molecule has 6 atom stereocenters. The minimum Gasteiger partial charge on any atom is -0.477 e. The van der Waals surface area contributed by atoms with Crippen LogP contribution in [-0.2, 0) is 9.59 Å². The van der Waals surface area contributed by atoms with Crippen LogP contribution < -0.4 is 5.32 Å². The second-order valence-corrected chi connectivity index (χ2v) is 9.29. The lowest BCUT2D eigenvalue weighted by Crippen LogP contribution is -2.63. The number of rotatable bonds is 7. The quantitative estimate of drug-likeness (QED) is 0.553. The summed E-state index contributed by atoms with van der Waals surface area (Å²) in [6.07, 6.45) is 1.32. The van der Waals surface area contributed by atoms with Crippen molar-refractivity contribution >= 4 is 23.6 Å². The molecule has 0 aliphatic carbocycles. The molecule has 7 nitrogen and oxygen atoms in total. The molecule has 3 heterocycles. The highest BCUT2D eigenvalue weighted by Crippen LogP contribution is 2.51. The van der Waals surface area contributed by atoms with E-state index in [1.807, 2.05) is 6.92 Å². The monoisotopic (exact) mass is 383 g/mol. The highest BCUT2D eigenvalue weighted by atomic mass is 32.2. The third-order valence-electron chi connectivity index (χ3n) is 5.71. The summed E-state index contributed by atoms with van der Waals surface area (Å²) in [5.41, 5.74) is 0.131. The zero-order valence-corrected chi connectivity index (χ0v) is 16.6. The molecule has 2 saturated heterocycles. The van der Waals surface area contributed by atoms with Crippen molar-refractivity contribution in [3.63, 3.8) is 0 Å². The Bertz CT molecular complexity index is 622. The fraction of sp³-hybridized carbons (Fsp3) is 0.778. The van der Waals surface area contributed by atoms with Gasteiger partial charge < -0.3 is 25.3 Å². The van der Waals surface area contributed by atoms with E-state index in [-0.39, 0.29) is 23.6 Å². The van der Waals surface area contributed by atoms with Crippen LogP contribution in [0.1, 0.15) is 26.7 Å². The van der Waals surface area contributed by atoms with Crippen molar-refractivity contribution in [3.05, 3.63) is 10.6 Å². The Morgan fingerprint density at radius 1 is 1.46 bits per heavy atom. The molecule has 0 aromatic heterocycles. The Kier molecular flexibility index (Phi) is 5.67. The number of nitrogens with one attached hydrogen (secondary N) is 1. The van der Waals surface area contributed by atoms with Gasteiger partial charge in [0, 0.05) is 28.7 Å². The van der Waals surface area contributed by atoms with Crippen LogP contribution in [0, 0.1) is 11.8 Å². The van der Waals surface area contributed by atoms with Crippen molar-refractivity contribution in [2.24, 2.45) is 11.8 Å². The largest absolute Gasteiger partial charge is 0.477 e. The standard InChI is InChI=1S/C18H29N3O4S/c1-9-14-13(10(2)22)17(23)21(14)15(18(24)25)16(9)26-12-7-11(19-8-12)5-6-20(3)4/h9-14,19,22H,5-8H2,1-4H3,(H,24,25)/t9-,10-,11-,12+,13-,14-/m1/s1. The van der Waals surface area contributed by atoms with Gasteiger partial charge in [-0.25, -0.2) is 4.79 Å². The molecule has 146 valence electrons. The molecule has 3 aliphatic rings. The lowest BCUT2D eigenvalue weighted by molar-refractivity contribution is -0.163. The third-order valence-corrected chi connectivity index (χ3v) is 7.22. The summed E-state index contributed by atoms with van der Waals surface area (Å²) >= 11 is 1.61. The van der Waals surface area contributed by atoms with E-state index < -0.39 is 18.0 Å². The lowest BCUT2D eigenvalue weighted by atomic mass is 9.79. The second-order valence-electron chi connectivity index (χ2n) is 7.94. The van der Waals surface area contributed by atoms with Gasteiger partial charge in [-0.15, -0.1) is 11.8 Å². The SMILES string of the molecule is C[C@@H](O)[C@H]1C(=O)N2C(C(=O)O)=C(S[C@@H]3CN[C@H](CCN(C)C)C3)[C@H](C)[C@H]12. The van der Waals surface area contributed by atoms with Crippen molar-refractivity contribution in [1.29, 1.82) is 0 Å². The van der Waals surface area contributed by atoms with Crippen LogP contribution in [0.15, 0.2) is 10.6 Å². The molecule has 3 rings (SSSR count). The van der Waals surface area contributed by atoms with Gasteiger partial charge >= 0.3 is 5.97 Å². The molecular weight excluding hydrogens is 354 g/mol. The normalized spacial score (nSPS) is 35.1. The van der Waals surface area contributed by atoms with Crippen molar-refractivity contribution in [2.75, 3.05) is 27.2 Å². The average molecular weight is 384 g/mol. The van der Waals surface area contributed by atoms with E-state index in [0.29, 0.717) is 11.3 Å². The van der Waals surface area contributed by atoms with Crippen LogP contribution in [0.5, 0.6) is 0 Å². The first-order valence-corrected chi connectivity index (χ1v) is 10.1. The van der Waals surface area contributed by atoms with Gasteiger partial charge in [-0.3, -0.25) is 4.79 Å². The second kappa shape index (κ2) is 7.50. The minimum atomic E-state index is -1.05. The molecule has 26 heavy (non-hydrogen) atoms. The number of hydrogen-bond donors (Lipinski definition) is 3. The molecule has 3 aliphatic heterocycles. The number of carboxylic acid groups (broad SMARTS) is 1. The molecular formula is C18H29N3O4S. The van der Waals surface area contributed by atoms with Gasteiger partial charge in [0.1, 0.15) is 5.70 Å². The van der Waals surface area contributed by atoms with Crippen LogP contribution in [0.2, 0.25) is 0 Å². The Hall–Kier alpha value is -1.09. The Labute approximate surface area is 158 Å². The molecule has 0 aromatic rings. The molecule has 0 bridgehead atoms. The fourth-order valence-electron chi connectivity index (χ4n) is 4.36. The number of nitrogens with zero attached hydrogens (tertiary/aromatic N) is 2. The van der Waals surface area contributed by atoms with Crippen LogP contribution in [-0.4, -0.2) is 82.5 Å². The van der Waals surface area contributed by atoms with E-state index in [1.54, 1.807) is 18.7 Å². The predicted octanol–water partition coefficient (Wildman–Crippen LogP) is 0.556. The van der Waals surface area contributed by atoms with Gasteiger partial charge in [0.15, 0.2) is 0 Å². The number of fused-ring (bicyclic) bond motifs is 1. The molecule has 2 fully saturated rings. The number of thioether (sulfide) groups is 1. The number of hydrogen-bond acceptors (Lipinski definition) is 6. The Morgan fingerprint density at radius 2 is 2.15 bits per heavy atom. The van der Waals surface area contributed by atoms with Gasteiger partial charge in [0.05, 0.1) is 18.1 Å². The van der Waals surface area contributed by atoms with Crippen molar-refractivity contribution < 1.29 is 19.8 Å². The summed E-state index contributed by atoms with van der Waals surface area (Å²) in [6.45, 7) is 5.46. The van der Waals surface area contributed by atoms with Gasteiger partial charge in [-0.1, -0.05) is 6.92 Å². The summed E-state index contributed by atoms with van der Waals surface area (Å²) in [6, 6.07) is 0.222. The third kappa shape index (κ3) is 3.40. The number of aliphatic carboxylic acids is 1. The maximum Gasteiger partial charge on any atom is 0.353 e. The Morgan fingerprint density at radius 3 is 2.73 bits per heavy atom. The van der Waals surface area contributed by atoms with Crippen LogP contribution in [0.3, 0.4) is 0 Å². The number of aliphatic hydroxyl groups excluding tert-OH is 1. The maximum absolute atomic E-state index is 12.4. The number of carboxylic acids is 1. The van der Waals surface area contributed by atoms with E-state index >= 15 is 0 Å². The van der Waals surface area contributed by atoms with Crippen LogP contribution in [0.25, 0.3) is 0 Å². The van der Waals surface area contributed by atoms with Gasteiger partial charge in [-0.05, 0) is 40.4 Å². The number of aliphatic hydroxyl groups is 1. The molecule has 0 aromatic carbocycles. The van der Waals surface area contributed by atoms with Gasteiger partial charge in [0.2, 0.25) is 5.91 Å². The fourth-order valence-corrected chi connectivity index (χ4v) is 5.88. The highest BCUT2D eigenvalue weighted by molar-refractivity contribution is 8.03. The van der Waals surface area contributed by atoms with Crippen molar-refractivity contribution in [2.45, 2.75) is 50.1 Å². The Balaban J connectivity index is 1.71. The molecule has 1 amide bonds. The average Bonchev–Trinajstić information content (AvgIpc) is 3.08. The van der Waals surface area contributed by atoms with E-state index in [2.05, 4.69) is 24.3 Å². The zero-order chi connectivity index (χ0) is 19.2. The van der Waals surface area contributed by atoms with E-state index in [4.69, 9.17) is 0 Å². The van der Waals surface area contributed by atoms with E-state index in [9.17, 15) is 19.8 Å². The van der Waals surface area contributed by atoms with Crippen molar-refractivity contribution in [3.8, 4) is 0 Å². The number of carbonyl (C=O) groups excluding carboxylic acids is 1. The van der Waals surface area contributed by atoms with E-state index in [0.717, 1.165) is 30.8 Å².